The highest BCUT2D eigenvalue weighted by atomic mass is 19.2. The second kappa shape index (κ2) is 5.47. The maximum atomic E-state index is 13.4. The Bertz CT molecular complexity index is 686. The molecule has 0 fully saturated rings. The summed E-state index contributed by atoms with van der Waals surface area (Å²) < 4.78 is 57.8. The van der Waals surface area contributed by atoms with Crippen molar-refractivity contribution < 1.29 is 31.9 Å². The Morgan fingerprint density at radius 1 is 1.19 bits per heavy atom. The van der Waals surface area contributed by atoms with Crippen LogP contribution in [0.25, 0.3) is 0 Å². The van der Waals surface area contributed by atoms with E-state index in [0.717, 1.165) is 6.07 Å². The van der Waals surface area contributed by atoms with Gasteiger partial charge in [0.15, 0.2) is 23.3 Å². The number of halogens is 4. The molecule has 2 N–H and O–H groups in total. The Balaban J connectivity index is 2.27. The topological polar surface area (TPSA) is 62.5 Å². The van der Waals surface area contributed by atoms with Crippen molar-refractivity contribution in [1.82, 2.24) is 0 Å². The number of furan rings is 1. The molecule has 4 nitrogen and oxygen atoms in total. The van der Waals surface area contributed by atoms with Crippen LogP contribution in [0.2, 0.25) is 0 Å². The molecule has 0 spiro atoms. The van der Waals surface area contributed by atoms with Gasteiger partial charge < -0.3 is 14.8 Å². The van der Waals surface area contributed by atoms with Crippen molar-refractivity contribution in [3.8, 4) is 0 Å². The van der Waals surface area contributed by atoms with Gasteiger partial charge in [-0.1, -0.05) is 0 Å². The van der Waals surface area contributed by atoms with Crippen molar-refractivity contribution in [3.63, 3.8) is 0 Å². The number of nitrogens with one attached hydrogen (secondary N) is 1. The monoisotopic (exact) mass is 303 g/mol. The lowest BCUT2D eigenvalue weighted by atomic mass is 10.2. The minimum absolute atomic E-state index is 0.0987. The molecule has 2 aromatic rings. The van der Waals surface area contributed by atoms with Crippen LogP contribution in [0, 0.1) is 30.2 Å². The lowest BCUT2D eigenvalue weighted by molar-refractivity contribution is 0.0661. The van der Waals surface area contributed by atoms with E-state index in [0.29, 0.717) is 0 Å². The van der Waals surface area contributed by atoms with Crippen molar-refractivity contribution in [2.45, 2.75) is 13.5 Å². The van der Waals surface area contributed by atoms with Crippen molar-refractivity contribution >= 4 is 11.7 Å². The summed E-state index contributed by atoms with van der Waals surface area (Å²) in [5, 5.41) is 10.9. The molecule has 0 aliphatic rings. The third-order valence-corrected chi connectivity index (χ3v) is 2.80. The summed E-state index contributed by atoms with van der Waals surface area (Å²) in [7, 11) is 0. The van der Waals surface area contributed by atoms with Crippen LogP contribution in [-0.2, 0) is 6.54 Å². The van der Waals surface area contributed by atoms with Crippen LogP contribution in [0.3, 0.4) is 0 Å². The molecule has 0 saturated carbocycles. The zero-order valence-corrected chi connectivity index (χ0v) is 10.6. The average Bonchev–Trinajstić information content (AvgIpc) is 2.78. The summed E-state index contributed by atoms with van der Waals surface area (Å²) in [6.45, 7) is 1.18. The van der Waals surface area contributed by atoms with E-state index >= 15 is 0 Å². The number of carboxylic acids is 1. The summed E-state index contributed by atoms with van der Waals surface area (Å²) in [6.07, 6.45) is 0. The first-order valence-electron chi connectivity index (χ1n) is 5.70. The smallest absolute Gasteiger partial charge is 0.371 e. The normalized spacial score (nSPS) is 10.7. The Morgan fingerprint density at radius 2 is 1.76 bits per heavy atom. The summed E-state index contributed by atoms with van der Waals surface area (Å²) in [5.74, 6) is -7.65. The fraction of sp³-hybridized carbons (Fsp3) is 0.154. The SMILES string of the molecule is Cc1oc(C(=O)O)cc1CNc1c(F)c(F)cc(F)c1F. The van der Waals surface area contributed by atoms with Gasteiger partial charge in [0, 0.05) is 18.2 Å². The number of benzene rings is 1. The predicted molar refractivity (Wildman–Crippen MR) is 64.0 cm³/mol. The van der Waals surface area contributed by atoms with Gasteiger partial charge in [-0.3, -0.25) is 0 Å². The number of carbonyl (C=O) groups is 1. The summed E-state index contributed by atoms with van der Waals surface area (Å²) in [6, 6.07) is 1.25. The number of hydrogen-bond donors (Lipinski definition) is 2. The summed E-state index contributed by atoms with van der Waals surface area (Å²) in [5.41, 5.74) is -0.680. The Hall–Kier alpha value is -2.51. The van der Waals surface area contributed by atoms with Crippen molar-refractivity contribution in [2.75, 3.05) is 5.32 Å². The van der Waals surface area contributed by atoms with Crippen LogP contribution in [-0.4, -0.2) is 11.1 Å². The van der Waals surface area contributed by atoms with Gasteiger partial charge >= 0.3 is 5.97 Å². The maximum absolute atomic E-state index is 13.4. The van der Waals surface area contributed by atoms with E-state index in [1.807, 2.05) is 0 Å². The fourth-order valence-corrected chi connectivity index (χ4v) is 1.71. The van der Waals surface area contributed by atoms with Crippen LogP contribution < -0.4 is 5.32 Å². The quantitative estimate of drug-likeness (QED) is 0.671. The first-order valence-corrected chi connectivity index (χ1v) is 5.70. The molecule has 0 unspecified atom stereocenters. The molecule has 8 heteroatoms. The largest absolute Gasteiger partial charge is 0.475 e. The number of rotatable bonds is 4. The average molecular weight is 303 g/mol. The highest BCUT2D eigenvalue weighted by Crippen LogP contribution is 2.25. The van der Waals surface area contributed by atoms with Gasteiger partial charge in [0.1, 0.15) is 11.4 Å². The van der Waals surface area contributed by atoms with Gasteiger partial charge in [-0.05, 0) is 13.0 Å². The van der Waals surface area contributed by atoms with Crippen molar-refractivity contribution in [3.05, 3.63) is 52.5 Å². The van der Waals surface area contributed by atoms with Crippen LogP contribution in [0.1, 0.15) is 21.9 Å². The third kappa shape index (κ3) is 2.83. The molecule has 1 aromatic carbocycles. The number of aromatic carboxylic acids is 1. The Kier molecular flexibility index (Phi) is 3.88. The minimum atomic E-state index is -1.56. The lowest BCUT2D eigenvalue weighted by Gasteiger charge is -2.09. The molecule has 0 amide bonds. The molecule has 0 aliphatic heterocycles. The van der Waals surface area contributed by atoms with Gasteiger partial charge in [-0.2, -0.15) is 0 Å². The molecular formula is C13H9F4NO3. The van der Waals surface area contributed by atoms with Crippen LogP contribution in [0.5, 0.6) is 0 Å². The number of anilines is 1. The van der Waals surface area contributed by atoms with Gasteiger partial charge in [0.05, 0.1) is 0 Å². The van der Waals surface area contributed by atoms with E-state index in [4.69, 9.17) is 9.52 Å². The Labute approximate surface area is 116 Å². The molecule has 0 bridgehead atoms. The summed E-state index contributed by atoms with van der Waals surface area (Å²) in [4.78, 5) is 10.7. The molecule has 0 atom stereocenters. The van der Waals surface area contributed by atoms with Gasteiger partial charge in [0.2, 0.25) is 5.76 Å². The predicted octanol–water partition coefficient (Wildman–Crippen LogP) is 3.45. The molecule has 0 aliphatic carbocycles. The molecule has 21 heavy (non-hydrogen) atoms. The maximum Gasteiger partial charge on any atom is 0.371 e. The van der Waals surface area contributed by atoms with Crippen LogP contribution in [0.15, 0.2) is 16.5 Å². The van der Waals surface area contributed by atoms with Gasteiger partial charge in [0.25, 0.3) is 0 Å². The third-order valence-electron chi connectivity index (χ3n) is 2.80. The van der Waals surface area contributed by atoms with Crippen LogP contribution >= 0.6 is 0 Å². The molecule has 2 rings (SSSR count). The number of carboxylic acid groups (broad SMARTS) is 1. The van der Waals surface area contributed by atoms with E-state index in [2.05, 4.69) is 5.32 Å². The zero-order valence-electron chi connectivity index (χ0n) is 10.6. The molecule has 1 heterocycles. The van der Waals surface area contributed by atoms with Crippen molar-refractivity contribution in [1.29, 1.82) is 0 Å². The first kappa shape index (κ1) is 14.9. The molecular weight excluding hydrogens is 294 g/mol. The molecule has 0 radical (unpaired) electrons. The first-order chi connectivity index (χ1) is 9.81. The second-order valence-corrected chi connectivity index (χ2v) is 4.19. The highest BCUT2D eigenvalue weighted by Gasteiger charge is 2.20. The number of aryl methyl sites for hydroxylation is 1. The highest BCUT2D eigenvalue weighted by molar-refractivity contribution is 5.84. The standard InChI is InChI=1S/C13H9F4NO3/c1-5-6(2-9(21-5)13(19)20)4-18-12-10(16)7(14)3-8(15)11(12)17/h2-3,18H,4H2,1H3,(H,19,20). The van der Waals surface area contributed by atoms with Crippen LogP contribution in [0.4, 0.5) is 23.2 Å². The van der Waals surface area contributed by atoms with E-state index in [-0.39, 0.29) is 29.7 Å². The minimum Gasteiger partial charge on any atom is -0.475 e. The number of hydrogen-bond acceptors (Lipinski definition) is 3. The molecule has 112 valence electrons. The van der Waals surface area contributed by atoms with E-state index in [1.54, 1.807) is 0 Å². The fourth-order valence-electron chi connectivity index (χ4n) is 1.71. The molecule has 0 saturated heterocycles. The Morgan fingerprint density at radius 3 is 2.24 bits per heavy atom. The van der Waals surface area contributed by atoms with Gasteiger partial charge in [-0.25, -0.2) is 22.4 Å². The van der Waals surface area contributed by atoms with Gasteiger partial charge in [-0.15, -0.1) is 0 Å². The van der Waals surface area contributed by atoms with Crippen molar-refractivity contribution in [2.24, 2.45) is 0 Å². The second-order valence-electron chi connectivity index (χ2n) is 4.19. The van der Waals surface area contributed by atoms with E-state index < -0.39 is 34.9 Å². The van der Waals surface area contributed by atoms with E-state index in [1.165, 1.54) is 6.92 Å². The lowest BCUT2D eigenvalue weighted by Crippen LogP contribution is -2.07. The zero-order chi connectivity index (χ0) is 15.7. The summed E-state index contributed by atoms with van der Waals surface area (Å²) >= 11 is 0. The van der Waals surface area contributed by atoms with E-state index in [9.17, 15) is 22.4 Å². The molecule has 1 aromatic heterocycles.